The third-order valence-corrected chi connectivity index (χ3v) is 1.33. The molecule has 0 saturated heterocycles. The van der Waals surface area contributed by atoms with Crippen molar-refractivity contribution in [3.05, 3.63) is 30.3 Å². The van der Waals surface area contributed by atoms with Crippen LogP contribution in [0.25, 0.3) is 0 Å². The predicted octanol–water partition coefficient (Wildman–Crippen LogP) is 1.62. The van der Waals surface area contributed by atoms with E-state index >= 15 is 0 Å². The maximum absolute atomic E-state index is 10.2. The molecule has 0 saturated carbocycles. The third kappa shape index (κ3) is 2.72. The Hall–Kier alpha value is -1.35. The first-order valence-electron chi connectivity index (χ1n) is 3.75. The number of hydrogen-bond acceptors (Lipinski definition) is 3. The van der Waals surface area contributed by atoms with Gasteiger partial charge in [-0.2, -0.15) is 0 Å². The van der Waals surface area contributed by atoms with Crippen molar-refractivity contribution in [2.45, 2.75) is 13.0 Å². The van der Waals surface area contributed by atoms with Gasteiger partial charge < -0.3 is 4.79 Å². The zero-order valence-corrected chi connectivity index (χ0v) is 6.86. The van der Waals surface area contributed by atoms with Gasteiger partial charge in [-0.05, 0) is 19.1 Å². The maximum Gasteiger partial charge on any atom is 0.151 e. The summed E-state index contributed by atoms with van der Waals surface area (Å²) in [5.74, 6) is 0. The van der Waals surface area contributed by atoms with Gasteiger partial charge in [-0.25, -0.2) is 0 Å². The van der Waals surface area contributed by atoms with Gasteiger partial charge in [0, 0.05) is 0 Å². The fraction of sp³-hybridized carbons (Fsp3) is 0.222. The zero-order valence-electron chi connectivity index (χ0n) is 6.86. The number of para-hydroxylation sites is 1. The quantitative estimate of drug-likeness (QED) is 0.544. The fourth-order valence-corrected chi connectivity index (χ4v) is 0.695. The molecule has 1 unspecified atom stereocenters. The number of rotatable bonds is 4. The van der Waals surface area contributed by atoms with Gasteiger partial charge >= 0.3 is 0 Å². The number of anilines is 1. The van der Waals surface area contributed by atoms with Crippen LogP contribution < -0.4 is 5.48 Å². The summed E-state index contributed by atoms with van der Waals surface area (Å²) < 4.78 is 0. The summed E-state index contributed by atoms with van der Waals surface area (Å²) in [6, 6.07) is 9.40. The molecule has 3 heteroatoms. The highest BCUT2D eigenvalue weighted by atomic mass is 16.7. The Morgan fingerprint density at radius 2 is 2.08 bits per heavy atom. The number of carbonyl (C=O) groups excluding carboxylic acids is 1. The van der Waals surface area contributed by atoms with E-state index in [1.54, 1.807) is 6.92 Å². The van der Waals surface area contributed by atoms with E-state index in [4.69, 9.17) is 4.84 Å². The molecule has 0 amide bonds. The standard InChI is InChI=1S/C9H11NO2/c1-8(7-11)12-10-9-5-3-2-4-6-9/h2-8,10H,1H3. The second kappa shape index (κ2) is 4.51. The first-order chi connectivity index (χ1) is 5.83. The number of aldehydes is 1. The molecule has 64 valence electrons. The number of nitrogens with one attached hydrogen (secondary N) is 1. The van der Waals surface area contributed by atoms with Crippen molar-refractivity contribution in [3.8, 4) is 0 Å². The molecule has 1 rings (SSSR count). The normalized spacial score (nSPS) is 12.1. The van der Waals surface area contributed by atoms with Gasteiger partial charge in [-0.15, -0.1) is 0 Å². The summed E-state index contributed by atoms with van der Waals surface area (Å²) >= 11 is 0. The summed E-state index contributed by atoms with van der Waals surface area (Å²) in [7, 11) is 0. The lowest BCUT2D eigenvalue weighted by Gasteiger charge is -2.07. The highest BCUT2D eigenvalue weighted by molar-refractivity contribution is 5.55. The van der Waals surface area contributed by atoms with Crippen LogP contribution in [-0.2, 0) is 9.63 Å². The summed E-state index contributed by atoms with van der Waals surface area (Å²) in [5, 5.41) is 0. The van der Waals surface area contributed by atoms with E-state index < -0.39 is 6.10 Å². The Bertz CT molecular complexity index is 236. The molecule has 0 bridgehead atoms. The molecule has 1 aromatic rings. The largest absolute Gasteiger partial charge is 0.300 e. The van der Waals surface area contributed by atoms with Crippen molar-refractivity contribution in [1.82, 2.24) is 0 Å². The van der Waals surface area contributed by atoms with Gasteiger partial charge in [-0.1, -0.05) is 18.2 Å². The van der Waals surface area contributed by atoms with Crippen molar-refractivity contribution >= 4 is 12.0 Å². The van der Waals surface area contributed by atoms with Crippen molar-refractivity contribution in [2.24, 2.45) is 0 Å². The van der Waals surface area contributed by atoms with Gasteiger partial charge in [0.05, 0.1) is 5.69 Å². The monoisotopic (exact) mass is 165 g/mol. The average Bonchev–Trinajstić information content (AvgIpc) is 2.16. The van der Waals surface area contributed by atoms with E-state index in [0.29, 0.717) is 0 Å². The topological polar surface area (TPSA) is 38.3 Å². The predicted molar refractivity (Wildman–Crippen MR) is 46.7 cm³/mol. The fourth-order valence-electron chi connectivity index (χ4n) is 0.695. The molecule has 12 heavy (non-hydrogen) atoms. The molecular formula is C9H11NO2. The Morgan fingerprint density at radius 3 is 2.67 bits per heavy atom. The average molecular weight is 165 g/mol. The van der Waals surface area contributed by atoms with E-state index in [1.165, 1.54) is 0 Å². The summed E-state index contributed by atoms with van der Waals surface area (Å²) in [6.45, 7) is 1.67. The van der Waals surface area contributed by atoms with Crippen molar-refractivity contribution in [1.29, 1.82) is 0 Å². The number of carbonyl (C=O) groups is 1. The van der Waals surface area contributed by atoms with E-state index in [0.717, 1.165) is 12.0 Å². The molecule has 0 aliphatic carbocycles. The molecule has 0 aliphatic rings. The first kappa shape index (κ1) is 8.74. The van der Waals surface area contributed by atoms with Crippen LogP contribution in [-0.4, -0.2) is 12.4 Å². The Kier molecular flexibility index (Phi) is 3.29. The molecule has 0 aromatic heterocycles. The number of hydrogen-bond donors (Lipinski definition) is 1. The van der Waals surface area contributed by atoms with Crippen LogP contribution in [0.3, 0.4) is 0 Å². The van der Waals surface area contributed by atoms with Crippen molar-refractivity contribution < 1.29 is 9.63 Å². The second-order valence-electron chi connectivity index (χ2n) is 2.43. The van der Waals surface area contributed by atoms with Gasteiger partial charge in [0.2, 0.25) is 0 Å². The Labute approximate surface area is 71.3 Å². The minimum atomic E-state index is -0.426. The summed E-state index contributed by atoms with van der Waals surface area (Å²) in [6.07, 6.45) is 0.306. The molecule has 1 N–H and O–H groups in total. The van der Waals surface area contributed by atoms with Gasteiger partial charge in [0.15, 0.2) is 6.29 Å². The third-order valence-electron chi connectivity index (χ3n) is 1.33. The smallest absolute Gasteiger partial charge is 0.151 e. The van der Waals surface area contributed by atoms with E-state index in [2.05, 4.69) is 5.48 Å². The Balaban J connectivity index is 2.38. The minimum Gasteiger partial charge on any atom is -0.300 e. The van der Waals surface area contributed by atoms with Gasteiger partial charge in [0.25, 0.3) is 0 Å². The van der Waals surface area contributed by atoms with Gasteiger partial charge in [-0.3, -0.25) is 10.3 Å². The van der Waals surface area contributed by atoms with Crippen LogP contribution in [0.1, 0.15) is 6.92 Å². The van der Waals surface area contributed by atoms with Gasteiger partial charge in [0.1, 0.15) is 6.10 Å². The lowest BCUT2D eigenvalue weighted by atomic mass is 10.3. The molecule has 0 heterocycles. The van der Waals surface area contributed by atoms with Crippen LogP contribution >= 0.6 is 0 Å². The lowest BCUT2D eigenvalue weighted by Crippen LogP contribution is -2.13. The maximum atomic E-state index is 10.2. The second-order valence-corrected chi connectivity index (χ2v) is 2.43. The zero-order chi connectivity index (χ0) is 8.81. The molecule has 1 atom stereocenters. The van der Waals surface area contributed by atoms with Crippen LogP contribution in [0.15, 0.2) is 30.3 Å². The number of benzene rings is 1. The van der Waals surface area contributed by atoms with E-state index in [9.17, 15) is 4.79 Å². The van der Waals surface area contributed by atoms with Crippen LogP contribution in [0.5, 0.6) is 0 Å². The molecule has 0 spiro atoms. The molecule has 0 radical (unpaired) electrons. The summed E-state index contributed by atoms with van der Waals surface area (Å²) in [5.41, 5.74) is 3.50. The molecule has 0 aliphatic heterocycles. The van der Waals surface area contributed by atoms with Crippen LogP contribution in [0.4, 0.5) is 5.69 Å². The van der Waals surface area contributed by atoms with Crippen molar-refractivity contribution in [2.75, 3.05) is 5.48 Å². The molecule has 1 aromatic carbocycles. The van der Waals surface area contributed by atoms with Crippen LogP contribution in [0, 0.1) is 0 Å². The SMILES string of the molecule is CC(C=O)ONc1ccccc1. The molecule has 0 fully saturated rings. The molecular weight excluding hydrogens is 154 g/mol. The lowest BCUT2D eigenvalue weighted by molar-refractivity contribution is -0.115. The first-order valence-corrected chi connectivity index (χ1v) is 3.75. The molecule has 3 nitrogen and oxygen atoms in total. The van der Waals surface area contributed by atoms with E-state index in [-0.39, 0.29) is 0 Å². The summed E-state index contributed by atoms with van der Waals surface area (Å²) in [4.78, 5) is 15.1. The van der Waals surface area contributed by atoms with E-state index in [1.807, 2.05) is 30.3 Å². The van der Waals surface area contributed by atoms with Crippen LogP contribution in [0.2, 0.25) is 0 Å². The highest BCUT2D eigenvalue weighted by Gasteiger charge is 1.97. The Morgan fingerprint density at radius 1 is 1.42 bits per heavy atom. The minimum absolute atomic E-state index is 0.426. The highest BCUT2D eigenvalue weighted by Crippen LogP contribution is 2.04. The van der Waals surface area contributed by atoms with Crippen molar-refractivity contribution in [3.63, 3.8) is 0 Å².